The number of amides is 1. The summed E-state index contributed by atoms with van der Waals surface area (Å²) in [4.78, 5) is 51.0. The molecule has 1 aromatic heterocycles. The van der Waals surface area contributed by atoms with Crippen molar-refractivity contribution in [2.75, 3.05) is 19.6 Å². The van der Waals surface area contributed by atoms with Crippen LogP contribution in [0.25, 0.3) is 11.0 Å². The number of nitrogens with zero attached hydrogens (tertiary/aromatic N) is 1. The molecule has 3 unspecified atom stereocenters. The van der Waals surface area contributed by atoms with E-state index in [9.17, 15) is 32.7 Å². The Kier molecular flexibility index (Phi) is 8.82. The normalized spacial score (nSPS) is 18.1. The highest BCUT2D eigenvalue weighted by molar-refractivity contribution is 7.89. The first-order valence-electron chi connectivity index (χ1n) is 12.9. The van der Waals surface area contributed by atoms with E-state index < -0.39 is 52.0 Å². The Morgan fingerprint density at radius 3 is 2.60 bits per heavy atom. The van der Waals surface area contributed by atoms with Gasteiger partial charge < -0.3 is 20.6 Å². The first-order chi connectivity index (χ1) is 19.0. The maximum Gasteiger partial charge on any atom is 0.335 e. The number of Topliss-reactive ketones (excluding diaryl/α,β-unsaturated/α-hetero) is 2. The van der Waals surface area contributed by atoms with Gasteiger partial charge in [-0.3, -0.25) is 14.4 Å². The van der Waals surface area contributed by atoms with Gasteiger partial charge in [0.05, 0.1) is 23.0 Å². The van der Waals surface area contributed by atoms with Crippen LogP contribution in [0.4, 0.5) is 0 Å². The van der Waals surface area contributed by atoms with Gasteiger partial charge in [-0.05, 0) is 62.1 Å². The Balaban J connectivity index is 1.51. The molecule has 0 radical (unpaired) electrons. The summed E-state index contributed by atoms with van der Waals surface area (Å²) in [5, 5.41) is 12.6. The summed E-state index contributed by atoms with van der Waals surface area (Å²) in [6.07, 6.45) is 0.569. The molecule has 4 N–H and O–H groups in total. The van der Waals surface area contributed by atoms with E-state index in [-0.39, 0.29) is 54.5 Å². The predicted molar refractivity (Wildman–Crippen MR) is 145 cm³/mol. The van der Waals surface area contributed by atoms with Crippen molar-refractivity contribution in [3.63, 3.8) is 0 Å². The average Bonchev–Trinajstić information content (AvgIpc) is 3.29. The van der Waals surface area contributed by atoms with Gasteiger partial charge in [0, 0.05) is 11.9 Å². The number of benzene rings is 2. The van der Waals surface area contributed by atoms with Crippen LogP contribution in [-0.2, 0) is 19.6 Å². The Hall–Kier alpha value is -3.87. The van der Waals surface area contributed by atoms with Crippen molar-refractivity contribution in [3.05, 3.63) is 65.9 Å². The van der Waals surface area contributed by atoms with Crippen molar-refractivity contribution in [1.29, 1.82) is 0 Å². The quantitative estimate of drug-likeness (QED) is 0.244. The maximum absolute atomic E-state index is 13.4. The summed E-state index contributed by atoms with van der Waals surface area (Å²) < 4.78 is 33.1. The third-order valence-electron chi connectivity index (χ3n) is 7.00. The Morgan fingerprint density at radius 2 is 1.90 bits per heavy atom. The molecule has 0 bridgehead atoms. The van der Waals surface area contributed by atoms with Crippen LogP contribution in [0.2, 0.25) is 0 Å². The molecule has 2 heterocycles. The molecular weight excluding hydrogens is 538 g/mol. The molecule has 4 rings (SSSR count). The highest BCUT2D eigenvalue weighted by atomic mass is 32.2. The van der Waals surface area contributed by atoms with Gasteiger partial charge in [-0.15, -0.1) is 0 Å². The molecule has 2 aromatic carbocycles. The highest BCUT2D eigenvalue weighted by Crippen LogP contribution is 2.25. The van der Waals surface area contributed by atoms with E-state index >= 15 is 0 Å². The monoisotopic (exact) mass is 569 g/mol. The largest absolute Gasteiger partial charge is 0.478 e. The number of fused-ring (bicyclic) bond motifs is 1. The lowest BCUT2D eigenvalue weighted by atomic mass is 9.89. The molecule has 11 nitrogen and oxygen atoms in total. The molecule has 3 atom stereocenters. The van der Waals surface area contributed by atoms with Gasteiger partial charge in [-0.25, -0.2) is 13.2 Å². The molecule has 12 heteroatoms. The van der Waals surface area contributed by atoms with Crippen LogP contribution >= 0.6 is 0 Å². The van der Waals surface area contributed by atoms with Crippen LogP contribution < -0.4 is 11.1 Å². The zero-order valence-corrected chi connectivity index (χ0v) is 22.7. The molecule has 1 fully saturated rings. The van der Waals surface area contributed by atoms with Crippen molar-refractivity contribution in [3.8, 4) is 0 Å². The van der Waals surface area contributed by atoms with Crippen molar-refractivity contribution in [2.45, 2.75) is 37.1 Å². The first kappa shape index (κ1) is 29.1. The summed E-state index contributed by atoms with van der Waals surface area (Å²) in [6.45, 7) is 1.55. The number of hydrogen-bond acceptors (Lipinski definition) is 8. The Morgan fingerprint density at radius 1 is 1.15 bits per heavy atom. The standard InChI is InChI=1S/C28H31N3O8S/c1-17(15-29)12-21(26(33)25-14-18-6-2-3-10-24(18)39-25)27(34)30-22-9-5-11-31(16-23(22)32)40(37,38)20-8-4-7-19(13-20)28(35)36/h2-4,6-8,10,13-14,17,21-22H,5,9,11-12,15-16,29H2,1H3,(H,30,34)(H,35,36). The summed E-state index contributed by atoms with van der Waals surface area (Å²) in [6, 6.07) is 12.5. The molecule has 1 amide bonds. The van der Waals surface area contributed by atoms with Crippen molar-refractivity contribution < 1.29 is 37.1 Å². The molecule has 1 aliphatic rings. The molecule has 0 spiro atoms. The molecule has 40 heavy (non-hydrogen) atoms. The number of sulfonamides is 1. The predicted octanol–water partition coefficient (Wildman–Crippen LogP) is 2.45. The number of para-hydroxylation sites is 1. The maximum atomic E-state index is 13.4. The van der Waals surface area contributed by atoms with Crippen LogP contribution in [0.15, 0.2) is 63.9 Å². The van der Waals surface area contributed by atoms with Gasteiger partial charge in [0.2, 0.25) is 21.7 Å². The van der Waals surface area contributed by atoms with Crippen LogP contribution in [0.1, 0.15) is 47.1 Å². The van der Waals surface area contributed by atoms with Gasteiger partial charge >= 0.3 is 5.97 Å². The zero-order chi connectivity index (χ0) is 29.0. The number of carboxylic acids is 1. The van der Waals surface area contributed by atoms with E-state index in [0.717, 1.165) is 10.4 Å². The highest BCUT2D eigenvalue weighted by Gasteiger charge is 2.37. The number of nitrogens with two attached hydrogens (primary N) is 1. The number of hydrogen-bond donors (Lipinski definition) is 3. The van der Waals surface area contributed by atoms with Gasteiger partial charge in [-0.1, -0.05) is 31.2 Å². The first-order valence-corrected chi connectivity index (χ1v) is 14.3. The molecule has 0 aliphatic carbocycles. The minimum absolute atomic E-state index is 0.00327. The van der Waals surface area contributed by atoms with E-state index in [1.165, 1.54) is 18.2 Å². The van der Waals surface area contributed by atoms with Crippen molar-refractivity contribution in [2.24, 2.45) is 17.6 Å². The van der Waals surface area contributed by atoms with Gasteiger partial charge in [-0.2, -0.15) is 4.31 Å². The number of carbonyl (C=O) groups excluding carboxylic acids is 3. The van der Waals surface area contributed by atoms with Crippen molar-refractivity contribution in [1.82, 2.24) is 9.62 Å². The number of carbonyl (C=O) groups is 4. The van der Waals surface area contributed by atoms with E-state index in [1.54, 1.807) is 30.3 Å². The average molecular weight is 570 g/mol. The molecule has 212 valence electrons. The Labute approximate surface area is 231 Å². The number of nitrogens with one attached hydrogen (secondary N) is 1. The van der Waals surface area contributed by atoms with Gasteiger partial charge in [0.1, 0.15) is 11.5 Å². The lowest BCUT2D eigenvalue weighted by Crippen LogP contribution is -2.47. The third kappa shape index (κ3) is 6.30. The van der Waals surface area contributed by atoms with Crippen LogP contribution in [0.3, 0.4) is 0 Å². The minimum atomic E-state index is -4.17. The fraction of sp³-hybridized carbons (Fsp3) is 0.357. The summed E-state index contributed by atoms with van der Waals surface area (Å²) in [7, 11) is -4.17. The smallest absolute Gasteiger partial charge is 0.335 e. The van der Waals surface area contributed by atoms with E-state index in [4.69, 9.17) is 10.2 Å². The SMILES string of the molecule is CC(CN)CC(C(=O)NC1CCCN(S(=O)(=O)c2cccc(C(=O)O)c2)CC1=O)C(=O)c1cc2ccccc2o1. The Bertz CT molecular complexity index is 1510. The van der Waals surface area contributed by atoms with Crippen molar-refractivity contribution >= 4 is 44.4 Å². The molecule has 3 aromatic rings. The van der Waals surface area contributed by atoms with Crippen LogP contribution in [0.5, 0.6) is 0 Å². The number of rotatable bonds is 10. The molecule has 1 saturated heterocycles. The van der Waals surface area contributed by atoms with Crippen LogP contribution in [0, 0.1) is 11.8 Å². The molecule has 0 saturated carbocycles. The number of ketones is 2. The summed E-state index contributed by atoms with van der Waals surface area (Å²) in [5.74, 6) is -4.30. The van der Waals surface area contributed by atoms with E-state index in [1.807, 2.05) is 6.92 Å². The fourth-order valence-electron chi connectivity index (χ4n) is 4.67. The summed E-state index contributed by atoms with van der Waals surface area (Å²) in [5.41, 5.74) is 6.07. The number of furan rings is 1. The second-order valence-corrected chi connectivity index (χ2v) is 11.9. The number of carboxylic acid groups (broad SMARTS) is 1. The lowest BCUT2D eigenvalue weighted by molar-refractivity contribution is -0.129. The minimum Gasteiger partial charge on any atom is -0.478 e. The molecular formula is C28H31N3O8S. The zero-order valence-electron chi connectivity index (χ0n) is 21.9. The fourth-order valence-corrected chi connectivity index (χ4v) is 6.16. The second-order valence-electron chi connectivity index (χ2n) is 9.98. The topological polar surface area (TPSA) is 177 Å². The van der Waals surface area contributed by atoms with Gasteiger partial charge in [0.15, 0.2) is 11.5 Å². The van der Waals surface area contributed by atoms with E-state index in [0.29, 0.717) is 11.0 Å². The number of aromatic carboxylic acids is 1. The molecule has 1 aliphatic heterocycles. The second kappa shape index (κ2) is 12.1. The van der Waals surface area contributed by atoms with Gasteiger partial charge in [0.25, 0.3) is 0 Å². The summed E-state index contributed by atoms with van der Waals surface area (Å²) >= 11 is 0. The van der Waals surface area contributed by atoms with E-state index in [2.05, 4.69) is 5.32 Å². The third-order valence-corrected chi connectivity index (χ3v) is 8.84. The van der Waals surface area contributed by atoms with Crippen LogP contribution in [-0.4, -0.2) is 66.9 Å². The lowest BCUT2D eigenvalue weighted by Gasteiger charge is -2.22.